The molecule has 2 N–H and O–H groups in total. The predicted octanol–water partition coefficient (Wildman–Crippen LogP) is 3.13. The standard InChI is InChI=1S/C20H33N3O2.HI/c1-15-12-16(2)19(17(3)13-15)6-9-23-20(21-4)22-8-5-10-25-18-7-11-24-14-18;/h12-13,18H,5-11,14H2,1-4H3,(H2,21,22,23);1H. The molecule has 1 aliphatic heterocycles. The molecule has 1 heterocycles. The van der Waals surface area contributed by atoms with Gasteiger partial charge in [0.25, 0.3) is 0 Å². The normalized spacial score (nSPS) is 17.1. The van der Waals surface area contributed by atoms with Gasteiger partial charge in [0.05, 0.1) is 12.7 Å². The van der Waals surface area contributed by atoms with Crippen LogP contribution in [0.25, 0.3) is 0 Å². The van der Waals surface area contributed by atoms with Gasteiger partial charge < -0.3 is 20.1 Å². The van der Waals surface area contributed by atoms with Gasteiger partial charge in [0, 0.05) is 33.4 Å². The molecule has 1 saturated heterocycles. The van der Waals surface area contributed by atoms with Crippen molar-refractivity contribution in [1.82, 2.24) is 10.6 Å². The van der Waals surface area contributed by atoms with Crippen molar-refractivity contribution in [3.8, 4) is 0 Å². The second-order valence-electron chi connectivity index (χ2n) is 6.76. The number of hydrogen-bond acceptors (Lipinski definition) is 3. The Morgan fingerprint density at radius 2 is 1.88 bits per heavy atom. The second kappa shape index (κ2) is 12.5. The molecule has 2 rings (SSSR count). The maximum atomic E-state index is 5.77. The van der Waals surface area contributed by atoms with Crippen molar-refractivity contribution in [1.29, 1.82) is 0 Å². The number of nitrogens with one attached hydrogen (secondary N) is 2. The lowest BCUT2D eigenvalue weighted by Crippen LogP contribution is -2.39. The van der Waals surface area contributed by atoms with E-state index >= 15 is 0 Å². The minimum Gasteiger partial charge on any atom is -0.379 e. The third-order valence-corrected chi connectivity index (χ3v) is 4.59. The van der Waals surface area contributed by atoms with Gasteiger partial charge in [0.15, 0.2) is 5.96 Å². The number of halogens is 1. The number of guanidine groups is 1. The molecule has 1 atom stereocenters. The molecule has 1 unspecified atom stereocenters. The van der Waals surface area contributed by atoms with Gasteiger partial charge in [-0.3, -0.25) is 4.99 Å². The van der Waals surface area contributed by atoms with E-state index in [-0.39, 0.29) is 24.0 Å². The molecule has 1 aliphatic rings. The van der Waals surface area contributed by atoms with Crippen LogP contribution in [-0.4, -0.2) is 52.0 Å². The first-order chi connectivity index (χ1) is 12.1. The summed E-state index contributed by atoms with van der Waals surface area (Å²) in [5, 5.41) is 6.74. The van der Waals surface area contributed by atoms with E-state index < -0.39 is 0 Å². The van der Waals surface area contributed by atoms with Crippen LogP contribution in [0.5, 0.6) is 0 Å². The van der Waals surface area contributed by atoms with Crippen molar-refractivity contribution in [2.45, 2.75) is 46.1 Å². The Labute approximate surface area is 175 Å². The summed E-state index contributed by atoms with van der Waals surface area (Å²) < 4.78 is 11.1. The molecule has 1 aromatic carbocycles. The topological polar surface area (TPSA) is 54.9 Å². The quantitative estimate of drug-likeness (QED) is 0.263. The first-order valence-corrected chi connectivity index (χ1v) is 9.30. The van der Waals surface area contributed by atoms with E-state index in [0.29, 0.717) is 6.10 Å². The minimum absolute atomic E-state index is 0. The summed E-state index contributed by atoms with van der Waals surface area (Å²) in [5.41, 5.74) is 5.50. The van der Waals surface area contributed by atoms with Crippen molar-refractivity contribution in [3.05, 3.63) is 34.4 Å². The molecule has 0 amide bonds. The highest BCUT2D eigenvalue weighted by molar-refractivity contribution is 14.0. The van der Waals surface area contributed by atoms with Crippen LogP contribution in [0.1, 0.15) is 35.1 Å². The van der Waals surface area contributed by atoms with E-state index in [1.807, 2.05) is 7.05 Å². The predicted molar refractivity (Wildman–Crippen MR) is 119 cm³/mol. The molecule has 1 fully saturated rings. The van der Waals surface area contributed by atoms with Crippen LogP contribution in [0.15, 0.2) is 17.1 Å². The number of benzene rings is 1. The van der Waals surface area contributed by atoms with E-state index in [1.54, 1.807) is 0 Å². The number of rotatable bonds is 8. The second-order valence-corrected chi connectivity index (χ2v) is 6.76. The van der Waals surface area contributed by atoms with Gasteiger partial charge in [-0.2, -0.15) is 0 Å². The summed E-state index contributed by atoms with van der Waals surface area (Å²) >= 11 is 0. The lowest BCUT2D eigenvalue weighted by Gasteiger charge is -2.15. The molecule has 0 radical (unpaired) electrons. The Kier molecular flexibility index (Phi) is 11.2. The molecule has 0 spiro atoms. The van der Waals surface area contributed by atoms with E-state index in [1.165, 1.54) is 22.3 Å². The van der Waals surface area contributed by atoms with Crippen molar-refractivity contribution in [2.24, 2.45) is 4.99 Å². The molecule has 0 saturated carbocycles. The zero-order chi connectivity index (χ0) is 18.1. The molecule has 26 heavy (non-hydrogen) atoms. The zero-order valence-electron chi connectivity index (χ0n) is 16.6. The molecule has 6 heteroatoms. The fourth-order valence-electron chi connectivity index (χ4n) is 3.30. The SMILES string of the molecule is CN=C(NCCCOC1CCOC1)NCCc1c(C)cc(C)cc1C.I. The molecule has 0 aliphatic carbocycles. The summed E-state index contributed by atoms with van der Waals surface area (Å²) in [5.74, 6) is 0.853. The molecule has 0 aromatic heterocycles. The van der Waals surface area contributed by atoms with Gasteiger partial charge in [-0.25, -0.2) is 0 Å². The molecule has 1 aromatic rings. The Hall–Kier alpha value is -0.860. The van der Waals surface area contributed by atoms with Gasteiger partial charge in [-0.05, 0) is 56.7 Å². The zero-order valence-corrected chi connectivity index (χ0v) is 18.9. The molecular weight excluding hydrogens is 441 g/mol. The van der Waals surface area contributed by atoms with Crippen molar-refractivity contribution in [2.75, 3.05) is 40.0 Å². The maximum Gasteiger partial charge on any atom is 0.190 e. The van der Waals surface area contributed by atoms with Gasteiger partial charge in [0.2, 0.25) is 0 Å². The number of aliphatic imine (C=N–C) groups is 1. The highest BCUT2D eigenvalue weighted by Gasteiger charge is 2.15. The fourth-order valence-corrected chi connectivity index (χ4v) is 3.30. The Bertz CT molecular complexity index is 549. The van der Waals surface area contributed by atoms with Crippen LogP contribution < -0.4 is 10.6 Å². The van der Waals surface area contributed by atoms with Gasteiger partial charge in [0.1, 0.15) is 0 Å². The third kappa shape index (κ3) is 7.80. The van der Waals surface area contributed by atoms with Crippen LogP contribution >= 0.6 is 24.0 Å². The van der Waals surface area contributed by atoms with Crippen LogP contribution in [0, 0.1) is 20.8 Å². The maximum absolute atomic E-state index is 5.77. The molecule has 0 bridgehead atoms. The first kappa shape index (κ1) is 23.2. The lowest BCUT2D eigenvalue weighted by atomic mass is 9.97. The summed E-state index contributed by atoms with van der Waals surface area (Å²) in [6, 6.07) is 4.51. The highest BCUT2D eigenvalue weighted by atomic mass is 127. The minimum atomic E-state index is 0. The molecule has 148 valence electrons. The third-order valence-electron chi connectivity index (χ3n) is 4.59. The van der Waals surface area contributed by atoms with E-state index in [2.05, 4.69) is 48.5 Å². The van der Waals surface area contributed by atoms with Gasteiger partial charge in [-0.15, -0.1) is 24.0 Å². The summed E-state index contributed by atoms with van der Waals surface area (Å²) in [6.07, 6.45) is 3.28. The number of aryl methyl sites for hydroxylation is 3. The van der Waals surface area contributed by atoms with Crippen LogP contribution in [0.3, 0.4) is 0 Å². The van der Waals surface area contributed by atoms with Crippen LogP contribution in [0.2, 0.25) is 0 Å². The van der Waals surface area contributed by atoms with Crippen LogP contribution in [-0.2, 0) is 15.9 Å². The summed E-state index contributed by atoms with van der Waals surface area (Å²) in [7, 11) is 1.81. The Morgan fingerprint density at radius 3 is 2.50 bits per heavy atom. The lowest BCUT2D eigenvalue weighted by molar-refractivity contribution is 0.0420. The van der Waals surface area contributed by atoms with E-state index in [4.69, 9.17) is 9.47 Å². The Balaban J connectivity index is 0.00000338. The largest absolute Gasteiger partial charge is 0.379 e. The number of hydrogen-bond donors (Lipinski definition) is 2. The van der Waals surface area contributed by atoms with Crippen molar-refractivity contribution < 1.29 is 9.47 Å². The van der Waals surface area contributed by atoms with E-state index in [9.17, 15) is 0 Å². The average Bonchev–Trinajstić information content (AvgIpc) is 3.08. The van der Waals surface area contributed by atoms with Gasteiger partial charge >= 0.3 is 0 Å². The molecule has 5 nitrogen and oxygen atoms in total. The average molecular weight is 475 g/mol. The van der Waals surface area contributed by atoms with E-state index in [0.717, 1.165) is 58.1 Å². The monoisotopic (exact) mass is 475 g/mol. The summed E-state index contributed by atoms with van der Waals surface area (Å²) in [4.78, 5) is 4.29. The van der Waals surface area contributed by atoms with Crippen LogP contribution in [0.4, 0.5) is 0 Å². The van der Waals surface area contributed by atoms with Crippen molar-refractivity contribution >= 4 is 29.9 Å². The molecular formula is C20H34IN3O2. The first-order valence-electron chi connectivity index (χ1n) is 9.30. The number of nitrogens with zero attached hydrogens (tertiary/aromatic N) is 1. The number of ether oxygens (including phenoxy) is 2. The van der Waals surface area contributed by atoms with Crippen molar-refractivity contribution in [3.63, 3.8) is 0 Å². The fraction of sp³-hybridized carbons (Fsp3) is 0.650. The summed E-state index contributed by atoms with van der Waals surface area (Å²) in [6.45, 7) is 10.6. The Morgan fingerprint density at radius 1 is 1.19 bits per heavy atom. The highest BCUT2D eigenvalue weighted by Crippen LogP contribution is 2.16. The smallest absolute Gasteiger partial charge is 0.190 e. The van der Waals surface area contributed by atoms with Gasteiger partial charge in [-0.1, -0.05) is 17.7 Å².